The molecule has 1 saturated heterocycles. The minimum Gasteiger partial charge on any atom is -0.383 e. The van der Waals surface area contributed by atoms with Gasteiger partial charge in [-0.25, -0.2) is 0 Å². The zero-order valence-corrected chi connectivity index (χ0v) is 16.1. The van der Waals surface area contributed by atoms with E-state index in [1.54, 1.807) is 18.4 Å². The number of rotatable bonds is 7. The summed E-state index contributed by atoms with van der Waals surface area (Å²) in [5.74, 6) is 1.07. The van der Waals surface area contributed by atoms with Crippen LogP contribution < -0.4 is 10.9 Å². The zero-order chi connectivity index (χ0) is 17.9. The number of methoxy groups -OCH3 is 1. The quantitative estimate of drug-likeness (QED) is 0.809. The number of hydrogen-bond acceptors (Lipinski definition) is 5. The Morgan fingerprint density at radius 2 is 2.23 bits per heavy atom. The van der Waals surface area contributed by atoms with Crippen LogP contribution in [0.1, 0.15) is 29.2 Å². The minimum absolute atomic E-state index is 0.201. The van der Waals surface area contributed by atoms with E-state index in [2.05, 4.69) is 39.2 Å². The van der Waals surface area contributed by atoms with Crippen molar-refractivity contribution >= 4 is 11.3 Å². The second-order valence-electron chi connectivity index (χ2n) is 7.49. The Hall–Kier alpha value is -1.47. The van der Waals surface area contributed by atoms with Crippen molar-refractivity contribution in [3.05, 3.63) is 56.1 Å². The largest absolute Gasteiger partial charge is 0.383 e. The molecular weight excluding hydrogens is 346 g/mol. The van der Waals surface area contributed by atoms with Crippen molar-refractivity contribution in [2.45, 2.75) is 32.0 Å². The van der Waals surface area contributed by atoms with Gasteiger partial charge in [0.05, 0.1) is 6.61 Å². The molecule has 0 aliphatic carbocycles. The molecule has 0 unspecified atom stereocenters. The molecule has 2 aliphatic rings. The first-order valence-corrected chi connectivity index (χ1v) is 10.3. The fourth-order valence-electron chi connectivity index (χ4n) is 4.27. The smallest absolute Gasteiger partial charge is 0.255 e. The second kappa shape index (κ2) is 8.05. The summed E-state index contributed by atoms with van der Waals surface area (Å²) < 4.78 is 7.32. The van der Waals surface area contributed by atoms with Gasteiger partial charge in [-0.2, -0.15) is 11.3 Å². The van der Waals surface area contributed by atoms with E-state index in [-0.39, 0.29) is 5.56 Å². The van der Waals surface area contributed by atoms with Crippen LogP contribution >= 0.6 is 11.3 Å². The van der Waals surface area contributed by atoms with Gasteiger partial charge in [0.2, 0.25) is 0 Å². The predicted molar refractivity (Wildman–Crippen MR) is 105 cm³/mol. The number of hydrogen-bond donors (Lipinski definition) is 1. The topological polar surface area (TPSA) is 46.5 Å². The Morgan fingerprint density at radius 3 is 3.04 bits per heavy atom. The van der Waals surface area contributed by atoms with E-state index in [0.29, 0.717) is 25.0 Å². The summed E-state index contributed by atoms with van der Waals surface area (Å²) in [7, 11) is 1.73. The second-order valence-corrected chi connectivity index (χ2v) is 8.27. The molecule has 0 aromatic carbocycles. The first-order chi connectivity index (χ1) is 12.7. The third-order valence-corrected chi connectivity index (χ3v) is 6.31. The molecule has 0 saturated carbocycles. The van der Waals surface area contributed by atoms with Crippen LogP contribution in [0.3, 0.4) is 0 Å². The SMILES string of the molecule is COCCN(Cc1ccsc1)Cc1ccc2n(c1=O)C[C@@H]1CNC[C@H]2C1. The van der Waals surface area contributed by atoms with E-state index in [1.807, 2.05) is 4.57 Å². The van der Waals surface area contributed by atoms with Gasteiger partial charge in [0, 0.05) is 57.0 Å². The lowest BCUT2D eigenvalue weighted by molar-refractivity contribution is 0.139. The van der Waals surface area contributed by atoms with Gasteiger partial charge in [0.1, 0.15) is 0 Å². The summed E-state index contributed by atoms with van der Waals surface area (Å²) in [6.07, 6.45) is 1.21. The van der Waals surface area contributed by atoms with E-state index >= 15 is 0 Å². The van der Waals surface area contributed by atoms with Gasteiger partial charge in [-0.15, -0.1) is 0 Å². The number of pyridine rings is 1. The Balaban J connectivity index is 1.56. The molecule has 140 valence electrons. The van der Waals surface area contributed by atoms with Gasteiger partial charge in [-0.1, -0.05) is 6.07 Å². The van der Waals surface area contributed by atoms with Gasteiger partial charge in [-0.3, -0.25) is 9.69 Å². The van der Waals surface area contributed by atoms with Crippen LogP contribution in [0.4, 0.5) is 0 Å². The third-order valence-electron chi connectivity index (χ3n) is 5.58. The van der Waals surface area contributed by atoms with Gasteiger partial charge in [-0.05, 0) is 47.3 Å². The summed E-state index contributed by atoms with van der Waals surface area (Å²) in [5.41, 5.74) is 3.60. The average molecular weight is 374 g/mol. The molecule has 2 aromatic rings. The van der Waals surface area contributed by atoms with Crippen LogP contribution in [0.2, 0.25) is 0 Å². The summed E-state index contributed by atoms with van der Waals surface area (Å²) in [6.45, 7) is 5.90. The molecule has 5 nitrogen and oxygen atoms in total. The predicted octanol–water partition coefficient (Wildman–Crippen LogP) is 2.27. The minimum atomic E-state index is 0.201. The standard InChI is InChI=1S/C20H27N3O2S/c1-25-6-5-22(11-15-4-7-26-14-15)13-17-2-3-19-18-8-16(9-21-10-18)12-23(19)20(17)24/h2-4,7,14,16,18,21H,5-6,8-13H2,1H3/t16-,18+/m0/s1. The fraction of sp³-hybridized carbons (Fsp3) is 0.550. The maximum Gasteiger partial charge on any atom is 0.255 e. The lowest BCUT2D eigenvalue weighted by atomic mass is 9.84. The molecule has 0 spiro atoms. The van der Waals surface area contributed by atoms with E-state index in [0.717, 1.165) is 38.3 Å². The first-order valence-electron chi connectivity index (χ1n) is 9.40. The van der Waals surface area contributed by atoms with E-state index < -0.39 is 0 Å². The molecule has 2 aromatic heterocycles. The molecule has 2 aliphatic heterocycles. The van der Waals surface area contributed by atoms with E-state index in [9.17, 15) is 4.79 Å². The van der Waals surface area contributed by atoms with Crippen molar-refractivity contribution in [1.82, 2.24) is 14.8 Å². The lowest BCUT2D eigenvalue weighted by Gasteiger charge is -2.37. The maximum atomic E-state index is 13.1. The fourth-order valence-corrected chi connectivity index (χ4v) is 4.93. The molecule has 0 radical (unpaired) electrons. The molecule has 1 N–H and O–H groups in total. The molecule has 6 heteroatoms. The highest BCUT2D eigenvalue weighted by Gasteiger charge is 2.31. The highest BCUT2D eigenvalue weighted by atomic mass is 32.1. The Morgan fingerprint density at radius 1 is 1.31 bits per heavy atom. The van der Waals surface area contributed by atoms with Gasteiger partial charge < -0.3 is 14.6 Å². The third kappa shape index (κ3) is 3.78. The molecule has 2 bridgehead atoms. The summed E-state index contributed by atoms with van der Waals surface area (Å²) in [4.78, 5) is 15.4. The van der Waals surface area contributed by atoms with Crippen molar-refractivity contribution < 1.29 is 4.74 Å². The van der Waals surface area contributed by atoms with Crippen LogP contribution in [0.15, 0.2) is 33.8 Å². The first kappa shape index (κ1) is 17.9. The number of ether oxygens (including phenoxy) is 1. The summed E-state index contributed by atoms with van der Waals surface area (Å²) in [5, 5.41) is 7.78. The number of fused-ring (bicyclic) bond motifs is 4. The number of thiophene rings is 1. The average Bonchev–Trinajstić information content (AvgIpc) is 3.16. The number of nitrogens with zero attached hydrogens (tertiary/aromatic N) is 2. The molecule has 2 atom stereocenters. The van der Waals surface area contributed by atoms with Crippen LogP contribution in [0.25, 0.3) is 0 Å². The molecule has 0 amide bonds. The highest BCUT2D eigenvalue weighted by molar-refractivity contribution is 7.07. The van der Waals surface area contributed by atoms with E-state index in [4.69, 9.17) is 4.74 Å². The molecule has 26 heavy (non-hydrogen) atoms. The van der Waals surface area contributed by atoms with E-state index in [1.165, 1.54) is 17.7 Å². The summed E-state index contributed by atoms with van der Waals surface area (Å²) in [6, 6.07) is 6.39. The Bertz CT molecular complexity index is 787. The van der Waals surface area contributed by atoms with Crippen LogP contribution in [-0.2, 0) is 24.4 Å². The zero-order valence-electron chi connectivity index (χ0n) is 15.3. The van der Waals surface area contributed by atoms with Crippen LogP contribution in [0.5, 0.6) is 0 Å². The summed E-state index contributed by atoms with van der Waals surface area (Å²) >= 11 is 1.71. The van der Waals surface area contributed by atoms with Crippen molar-refractivity contribution in [3.8, 4) is 0 Å². The number of aromatic nitrogens is 1. The van der Waals surface area contributed by atoms with Crippen LogP contribution in [-0.4, -0.2) is 42.8 Å². The van der Waals surface area contributed by atoms with Gasteiger partial charge >= 0.3 is 0 Å². The van der Waals surface area contributed by atoms with Crippen LogP contribution in [0, 0.1) is 5.92 Å². The van der Waals surface area contributed by atoms with Crippen molar-refractivity contribution in [2.24, 2.45) is 5.92 Å². The molecule has 4 rings (SSSR count). The monoisotopic (exact) mass is 373 g/mol. The Kier molecular flexibility index (Phi) is 5.55. The van der Waals surface area contributed by atoms with Crippen molar-refractivity contribution in [2.75, 3.05) is 33.4 Å². The van der Waals surface area contributed by atoms with Crippen molar-refractivity contribution in [3.63, 3.8) is 0 Å². The lowest BCUT2D eigenvalue weighted by Crippen LogP contribution is -2.45. The normalized spacial score (nSPS) is 21.8. The molecule has 4 heterocycles. The van der Waals surface area contributed by atoms with Crippen molar-refractivity contribution in [1.29, 1.82) is 0 Å². The molecule has 1 fully saturated rings. The molecular formula is C20H27N3O2S. The number of nitrogens with one attached hydrogen (secondary N) is 1. The van der Waals surface area contributed by atoms with Gasteiger partial charge in [0.25, 0.3) is 5.56 Å². The number of piperidine rings is 1. The maximum absolute atomic E-state index is 13.1. The van der Waals surface area contributed by atoms with Gasteiger partial charge in [0.15, 0.2) is 0 Å². The Labute approximate surface area is 158 Å². The highest BCUT2D eigenvalue weighted by Crippen LogP contribution is 2.31.